The molecule has 0 aromatic carbocycles. The van der Waals surface area contributed by atoms with Gasteiger partial charge in [0.2, 0.25) is 0 Å². The van der Waals surface area contributed by atoms with Crippen molar-refractivity contribution in [3.63, 3.8) is 0 Å². The minimum absolute atomic E-state index is 0.313. The molecule has 0 aliphatic carbocycles. The summed E-state index contributed by atoms with van der Waals surface area (Å²) in [5, 5.41) is 8.90. The first-order valence-corrected chi connectivity index (χ1v) is 3.69. The largest absolute Gasteiger partial charge is 0.351 e. The molecule has 0 atom stereocenters. The van der Waals surface area contributed by atoms with Gasteiger partial charge < -0.3 is 5.73 Å². The average Bonchev–Trinajstić information content (AvgIpc) is 2.04. The lowest BCUT2D eigenvalue weighted by molar-refractivity contribution is 0.234. The second kappa shape index (κ2) is 3.32. The predicted molar refractivity (Wildman–Crippen MR) is 46.8 cm³/mol. The van der Waals surface area contributed by atoms with E-state index in [0.717, 1.165) is 4.90 Å². The van der Waals surface area contributed by atoms with E-state index in [-0.39, 0.29) is 0 Å². The first kappa shape index (κ1) is 8.68. The van der Waals surface area contributed by atoms with Crippen LogP contribution in [0.5, 0.6) is 0 Å². The molecule has 5 heteroatoms. The van der Waals surface area contributed by atoms with Crippen LogP contribution in [0.2, 0.25) is 0 Å². The second-order valence-corrected chi connectivity index (χ2v) is 2.63. The van der Waals surface area contributed by atoms with Crippen LogP contribution in [-0.2, 0) is 0 Å². The smallest absolute Gasteiger partial charge is 0.323 e. The summed E-state index contributed by atoms with van der Waals surface area (Å²) in [5.41, 5.74) is 5.46. The SMILES string of the molecule is N#CC1=C(S)N(C(N)=O)C=CC1. The van der Waals surface area contributed by atoms with Crippen LogP contribution in [0.3, 0.4) is 0 Å². The molecule has 0 aromatic rings. The summed E-state index contributed by atoms with van der Waals surface area (Å²) in [4.78, 5) is 11.9. The van der Waals surface area contributed by atoms with Gasteiger partial charge in [-0.3, -0.25) is 4.90 Å². The Balaban J connectivity index is 2.99. The van der Waals surface area contributed by atoms with Crippen LogP contribution in [0.15, 0.2) is 22.9 Å². The number of allylic oxidation sites excluding steroid dienone is 2. The number of carbonyl (C=O) groups is 1. The number of hydrogen-bond acceptors (Lipinski definition) is 3. The van der Waals surface area contributed by atoms with Crippen LogP contribution in [0.1, 0.15) is 6.42 Å². The summed E-state index contributed by atoms with van der Waals surface area (Å²) in [5.74, 6) is 0. The highest BCUT2D eigenvalue weighted by atomic mass is 32.1. The molecule has 2 N–H and O–H groups in total. The molecule has 12 heavy (non-hydrogen) atoms. The Labute approximate surface area is 75.4 Å². The van der Waals surface area contributed by atoms with Gasteiger partial charge in [-0.25, -0.2) is 4.79 Å². The van der Waals surface area contributed by atoms with E-state index in [4.69, 9.17) is 11.0 Å². The van der Waals surface area contributed by atoms with E-state index in [1.165, 1.54) is 6.20 Å². The molecule has 2 amide bonds. The molecule has 1 aliphatic heterocycles. The fraction of sp³-hybridized carbons (Fsp3) is 0.143. The van der Waals surface area contributed by atoms with Crippen molar-refractivity contribution < 1.29 is 4.79 Å². The maximum absolute atomic E-state index is 10.7. The Morgan fingerprint density at radius 2 is 2.50 bits per heavy atom. The monoisotopic (exact) mass is 181 g/mol. The Bertz CT molecular complexity index is 313. The molecule has 0 bridgehead atoms. The molecule has 0 unspecified atom stereocenters. The lowest BCUT2D eigenvalue weighted by Gasteiger charge is -2.19. The molecule has 0 spiro atoms. The number of nitrogens with zero attached hydrogens (tertiary/aromatic N) is 2. The van der Waals surface area contributed by atoms with Gasteiger partial charge in [0.25, 0.3) is 0 Å². The van der Waals surface area contributed by atoms with E-state index < -0.39 is 6.03 Å². The zero-order valence-corrected chi connectivity index (χ0v) is 7.08. The third-order valence-corrected chi connectivity index (χ3v) is 1.93. The molecule has 0 fully saturated rings. The molecule has 0 aromatic heterocycles. The summed E-state index contributed by atoms with van der Waals surface area (Å²) in [6.07, 6.45) is 3.69. The van der Waals surface area contributed by atoms with Crippen LogP contribution >= 0.6 is 12.6 Å². The fourth-order valence-electron chi connectivity index (χ4n) is 0.857. The zero-order valence-electron chi connectivity index (χ0n) is 6.19. The number of rotatable bonds is 0. The van der Waals surface area contributed by atoms with Gasteiger partial charge in [0.05, 0.1) is 16.7 Å². The molecule has 4 nitrogen and oxygen atoms in total. The van der Waals surface area contributed by atoms with Crippen LogP contribution in [0, 0.1) is 11.3 Å². The Morgan fingerprint density at radius 3 is 3.00 bits per heavy atom. The van der Waals surface area contributed by atoms with Gasteiger partial charge in [-0.2, -0.15) is 5.26 Å². The molecular formula is C7H7N3OS. The number of thiol groups is 1. The van der Waals surface area contributed by atoms with Crippen molar-refractivity contribution >= 4 is 18.7 Å². The number of carbonyl (C=O) groups excluding carboxylic acids is 1. The molecule has 0 saturated carbocycles. The predicted octanol–water partition coefficient (Wildman–Crippen LogP) is 0.949. The van der Waals surface area contributed by atoms with Gasteiger partial charge in [-0.1, -0.05) is 6.08 Å². The molecule has 0 saturated heterocycles. The van der Waals surface area contributed by atoms with E-state index in [9.17, 15) is 4.79 Å². The fourth-order valence-corrected chi connectivity index (χ4v) is 1.16. The van der Waals surface area contributed by atoms with Gasteiger partial charge in [-0.05, 0) is 0 Å². The topological polar surface area (TPSA) is 70.1 Å². The summed E-state index contributed by atoms with van der Waals surface area (Å²) < 4.78 is 0. The Morgan fingerprint density at radius 1 is 1.83 bits per heavy atom. The van der Waals surface area contributed by atoms with Crippen LogP contribution in [-0.4, -0.2) is 10.9 Å². The highest BCUT2D eigenvalue weighted by molar-refractivity contribution is 7.84. The van der Waals surface area contributed by atoms with E-state index in [0.29, 0.717) is 17.0 Å². The third kappa shape index (κ3) is 1.43. The van der Waals surface area contributed by atoms with Crippen LogP contribution in [0.25, 0.3) is 0 Å². The molecule has 1 aliphatic rings. The molecule has 1 rings (SSSR count). The number of primary amides is 1. The van der Waals surface area contributed by atoms with Crippen molar-refractivity contribution in [1.82, 2.24) is 4.90 Å². The van der Waals surface area contributed by atoms with Crippen LogP contribution < -0.4 is 5.73 Å². The molecule has 0 radical (unpaired) electrons. The number of hydrogen-bond donors (Lipinski definition) is 2. The lowest BCUT2D eigenvalue weighted by atomic mass is 10.2. The van der Waals surface area contributed by atoms with E-state index in [1.807, 2.05) is 6.07 Å². The van der Waals surface area contributed by atoms with Crippen molar-refractivity contribution in [1.29, 1.82) is 5.26 Å². The quantitative estimate of drug-likeness (QED) is 0.546. The number of amides is 2. The van der Waals surface area contributed by atoms with Gasteiger partial charge in [-0.15, -0.1) is 12.6 Å². The van der Waals surface area contributed by atoms with Crippen molar-refractivity contribution in [2.24, 2.45) is 5.73 Å². The standard InChI is InChI=1S/C7H7N3OS/c8-4-5-2-1-3-10(6(5)12)7(9)11/h1,3,12H,2H2,(H2,9,11). The first-order chi connectivity index (χ1) is 5.66. The van der Waals surface area contributed by atoms with E-state index in [1.54, 1.807) is 6.08 Å². The highest BCUT2D eigenvalue weighted by Gasteiger charge is 2.16. The third-order valence-electron chi connectivity index (χ3n) is 1.45. The average molecular weight is 181 g/mol. The van der Waals surface area contributed by atoms with Gasteiger partial charge in [0.15, 0.2) is 0 Å². The first-order valence-electron chi connectivity index (χ1n) is 3.24. The van der Waals surface area contributed by atoms with Gasteiger partial charge in [0.1, 0.15) is 0 Å². The second-order valence-electron chi connectivity index (χ2n) is 2.21. The van der Waals surface area contributed by atoms with Gasteiger partial charge in [0, 0.05) is 12.6 Å². The number of nitriles is 1. The highest BCUT2D eigenvalue weighted by Crippen LogP contribution is 2.21. The zero-order chi connectivity index (χ0) is 9.14. The van der Waals surface area contributed by atoms with Crippen molar-refractivity contribution in [2.75, 3.05) is 0 Å². The van der Waals surface area contributed by atoms with Gasteiger partial charge >= 0.3 is 6.03 Å². The summed E-state index contributed by atoms with van der Waals surface area (Å²) in [7, 11) is 0. The summed E-state index contributed by atoms with van der Waals surface area (Å²) in [6.45, 7) is 0. The van der Waals surface area contributed by atoms with Crippen molar-refractivity contribution in [2.45, 2.75) is 6.42 Å². The van der Waals surface area contributed by atoms with E-state index >= 15 is 0 Å². The number of nitrogens with two attached hydrogens (primary N) is 1. The Kier molecular flexibility index (Phi) is 2.41. The summed E-state index contributed by atoms with van der Waals surface area (Å²) >= 11 is 4.00. The molecule has 1 heterocycles. The minimum atomic E-state index is -0.635. The normalized spacial score (nSPS) is 16.2. The Hall–Kier alpha value is -1.41. The minimum Gasteiger partial charge on any atom is -0.351 e. The van der Waals surface area contributed by atoms with Crippen molar-refractivity contribution in [3.05, 3.63) is 22.9 Å². The number of urea groups is 1. The maximum Gasteiger partial charge on any atom is 0.323 e. The van der Waals surface area contributed by atoms with E-state index in [2.05, 4.69) is 12.6 Å². The summed E-state index contributed by atoms with van der Waals surface area (Å²) in [6, 6.07) is 1.31. The molecular weight excluding hydrogens is 174 g/mol. The van der Waals surface area contributed by atoms with Crippen molar-refractivity contribution in [3.8, 4) is 6.07 Å². The maximum atomic E-state index is 10.7. The van der Waals surface area contributed by atoms with Crippen LogP contribution in [0.4, 0.5) is 4.79 Å². The molecule has 62 valence electrons. The lowest BCUT2D eigenvalue weighted by Crippen LogP contribution is -2.30.